The molecular weight excluding hydrogens is 434 g/mol. The number of phenolic OH excluding ortho intramolecular Hbond substituents is 1. The summed E-state index contributed by atoms with van der Waals surface area (Å²) in [6, 6.07) is 16.9. The average Bonchev–Trinajstić information content (AvgIpc) is 3.49. The fraction of sp³-hybridized carbons (Fsp3) is 0.231. The molecule has 34 heavy (non-hydrogen) atoms. The van der Waals surface area contributed by atoms with Crippen LogP contribution in [0.25, 0.3) is 22.6 Å². The molecule has 0 radical (unpaired) electrons. The van der Waals surface area contributed by atoms with Crippen LogP contribution in [0.1, 0.15) is 36.8 Å². The first-order valence-corrected chi connectivity index (χ1v) is 11.1. The number of para-hydroxylation sites is 2. The lowest BCUT2D eigenvalue weighted by molar-refractivity contribution is -0.384. The van der Waals surface area contributed by atoms with Crippen molar-refractivity contribution >= 4 is 28.4 Å². The summed E-state index contributed by atoms with van der Waals surface area (Å²) >= 11 is 0. The zero-order valence-electron chi connectivity index (χ0n) is 18.6. The van der Waals surface area contributed by atoms with Crippen LogP contribution in [-0.2, 0) is 10.2 Å². The van der Waals surface area contributed by atoms with E-state index in [4.69, 9.17) is 4.42 Å². The van der Waals surface area contributed by atoms with Crippen molar-refractivity contribution in [2.24, 2.45) is 0 Å². The number of amides is 1. The minimum absolute atomic E-state index is 0.00515. The lowest BCUT2D eigenvalue weighted by Gasteiger charge is -2.28. The number of fused-ring (bicyclic) bond motifs is 1. The molecule has 3 aromatic carbocycles. The van der Waals surface area contributed by atoms with Gasteiger partial charge in [-0.25, -0.2) is 4.98 Å². The fourth-order valence-electron chi connectivity index (χ4n) is 4.78. The van der Waals surface area contributed by atoms with E-state index >= 15 is 0 Å². The van der Waals surface area contributed by atoms with Crippen LogP contribution in [0, 0.1) is 17.0 Å². The monoisotopic (exact) mass is 457 g/mol. The maximum atomic E-state index is 13.6. The molecule has 0 atom stereocenters. The highest BCUT2D eigenvalue weighted by atomic mass is 16.6. The normalized spacial score (nSPS) is 14.9. The van der Waals surface area contributed by atoms with Gasteiger partial charge in [-0.15, -0.1) is 0 Å². The maximum Gasteiger partial charge on any atom is 0.269 e. The predicted octanol–water partition coefficient (Wildman–Crippen LogP) is 5.87. The van der Waals surface area contributed by atoms with Gasteiger partial charge in [0.15, 0.2) is 5.58 Å². The van der Waals surface area contributed by atoms with E-state index in [0.29, 0.717) is 40.8 Å². The van der Waals surface area contributed by atoms with Gasteiger partial charge in [-0.2, -0.15) is 0 Å². The number of nitro groups is 1. The van der Waals surface area contributed by atoms with E-state index in [2.05, 4.69) is 10.3 Å². The minimum atomic E-state index is -0.765. The first-order chi connectivity index (χ1) is 16.4. The first-order valence-electron chi connectivity index (χ1n) is 11.1. The molecule has 172 valence electrons. The lowest BCUT2D eigenvalue weighted by atomic mass is 9.78. The molecule has 1 aliphatic carbocycles. The Labute approximate surface area is 195 Å². The van der Waals surface area contributed by atoms with Crippen molar-refractivity contribution in [3.63, 3.8) is 0 Å². The van der Waals surface area contributed by atoms with Crippen molar-refractivity contribution in [1.29, 1.82) is 0 Å². The second-order valence-electron chi connectivity index (χ2n) is 8.72. The molecule has 1 heterocycles. The average molecular weight is 457 g/mol. The number of nitrogens with zero attached hydrogens (tertiary/aromatic N) is 2. The number of carbonyl (C=O) groups excluding carboxylic acids is 1. The first kappa shape index (κ1) is 21.6. The molecule has 1 fully saturated rings. The number of aromatic hydroxyl groups is 1. The Bertz CT molecular complexity index is 1370. The van der Waals surface area contributed by atoms with Gasteiger partial charge in [0, 0.05) is 17.8 Å². The van der Waals surface area contributed by atoms with E-state index in [9.17, 15) is 20.0 Å². The number of nitro benzene ring substituents is 1. The zero-order valence-corrected chi connectivity index (χ0v) is 18.6. The highest BCUT2D eigenvalue weighted by molar-refractivity contribution is 6.00. The standard InChI is InChI=1S/C26H23N3O5/c1-16-14-18(15-20(23(16)30)24-28-21-6-2-3-7-22(21)34-24)27-25(31)26(12-4-5-13-26)17-8-10-19(11-9-17)29(32)33/h2-3,6-11,14-15,30H,4-5,12-13H2,1H3,(H,27,31). The van der Waals surface area contributed by atoms with E-state index in [1.165, 1.54) is 12.1 Å². The summed E-state index contributed by atoms with van der Waals surface area (Å²) in [6.07, 6.45) is 3.11. The van der Waals surface area contributed by atoms with Gasteiger partial charge in [0.1, 0.15) is 11.3 Å². The van der Waals surface area contributed by atoms with Crippen molar-refractivity contribution in [3.05, 3.63) is 81.9 Å². The summed E-state index contributed by atoms with van der Waals surface area (Å²) in [4.78, 5) is 28.7. The minimum Gasteiger partial charge on any atom is -0.507 e. The Kier molecular flexibility index (Phi) is 5.28. The molecule has 0 bridgehead atoms. The molecule has 8 nitrogen and oxygen atoms in total. The van der Waals surface area contributed by atoms with E-state index in [1.807, 2.05) is 18.2 Å². The number of aromatic nitrogens is 1. The molecule has 0 aliphatic heterocycles. The number of hydrogen-bond acceptors (Lipinski definition) is 6. The highest BCUT2D eigenvalue weighted by Crippen LogP contribution is 2.43. The molecule has 1 aliphatic rings. The van der Waals surface area contributed by atoms with Gasteiger partial charge in [-0.05, 0) is 55.2 Å². The van der Waals surface area contributed by atoms with Crippen LogP contribution in [0.4, 0.5) is 11.4 Å². The number of oxazole rings is 1. The van der Waals surface area contributed by atoms with E-state index < -0.39 is 10.3 Å². The Morgan fingerprint density at radius 3 is 2.50 bits per heavy atom. The molecule has 1 saturated carbocycles. The fourth-order valence-corrected chi connectivity index (χ4v) is 4.78. The molecule has 8 heteroatoms. The second kappa shape index (κ2) is 8.30. The summed E-state index contributed by atoms with van der Waals surface area (Å²) in [6.45, 7) is 1.75. The molecule has 1 amide bonds. The van der Waals surface area contributed by atoms with Gasteiger partial charge >= 0.3 is 0 Å². The third-order valence-corrected chi connectivity index (χ3v) is 6.61. The number of nitrogens with one attached hydrogen (secondary N) is 1. The van der Waals surface area contributed by atoms with E-state index in [-0.39, 0.29) is 23.2 Å². The SMILES string of the molecule is Cc1cc(NC(=O)C2(c3ccc([N+](=O)[O-])cc3)CCCC2)cc(-c2nc3ccccc3o2)c1O. The van der Waals surface area contributed by atoms with Crippen LogP contribution in [0.2, 0.25) is 0 Å². The summed E-state index contributed by atoms with van der Waals surface area (Å²) in [7, 11) is 0. The van der Waals surface area contributed by atoms with Gasteiger partial charge in [-0.3, -0.25) is 14.9 Å². The number of phenols is 1. The molecule has 1 aromatic heterocycles. The van der Waals surface area contributed by atoms with Gasteiger partial charge in [0.05, 0.1) is 15.9 Å². The Morgan fingerprint density at radius 2 is 1.82 bits per heavy atom. The van der Waals surface area contributed by atoms with Crippen molar-refractivity contribution in [2.45, 2.75) is 38.0 Å². The van der Waals surface area contributed by atoms with Crippen molar-refractivity contribution in [2.75, 3.05) is 5.32 Å². The number of rotatable bonds is 5. The van der Waals surface area contributed by atoms with Crippen LogP contribution >= 0.6 is 0 Å². The molecular formula is C26H23N3O5. The quantitative estimate of drug-likeness (QED) is 0.220. The largest absolute Gasteiger partial charge is 0.507 e. The number of anilines is 1. The smallest absolute Gasteiger partial charge is 0.269 e. The highest BCUT2D eigenvalue weighted by Gasteiger charge is 2.43. The molecule has 0 unspecified atom stereocenters. The second-order valence-corrected chi connectivity index (χ2v) is 8.72. The lowest BCUT2D eigenvalue weighted by Crippen LogP contribution is -2.38. The van der Waals surface area contributed by atoms with E-state index in [0.717, 1.165) is 18.4 Å². The molecule has 0 saturated heterocycles. The Hall–Kier alpha value is -4.20. The Morgan fingerprint density at radius 1 is 1.12 bits per heavy atom. The topological polar surface area (TPSA) is 118 Å². The van der Waals surface area contributed by atoms with Crippen molar-refractivity contribution in [3.8, 4) is 17.2 Å². The van der Waals surface area contributed by atoms with Crippen LogP contribution < -0.4 is 5.32 Å². The van der Waals surface area contributed by atoms with Crippen LogP contribution in [0.3, 0.4) is 0 Å². The van der Waals surface area contributed by atoms with E-state index in [1.54, 1.807) is 37.3 Å². The zero-order chi connectivity index (χ0) is 23.9. The van der Waals surface area contributed by atoms with Crippen molar-refractivity contribution < 1.29 is 19.2 Å². The molecule has 0 spiro atoms. The molecule has 2 N–H and O–H groups in total. The molecule has 5 rings (SSSR count). The number of hydrogen-bond donors (Lipinski definition) is 2. The van der Waals surface area contributed by atoms with Crippen LogP contribution in [0.5, 0.6) is 5.75 Å². The van der Waals surface area contributed by atoms with Crippen LogP contribution in [-0.4, -0.2) is 20.9 Å². The Balaban J connectivity index is 1.49. The summed E-state index contributed by atoms with van der Waals surface area (Å²) in [5.74, 6) is 0.131. The number of carbonyl (C=O) groups is 1. The van der Waals surface area contributed by atoms with Gasteiger partial charge in [0.2, 0.25) is 11.8 Å². The predicted molar refractivity (Wildman–Crippen MR) is 128 cm³/mol. The third kappa shape index (κ3) is 3.67. The third-order valence-electron chi connectivity index (χ3n) is 6.61. The maximum absolute atomic E-state index is 13.6. The van der Waals surface area contributed by atoms with Crippen LogP contribution in [0.15, 0.2) is 65.1 Å². The number of benzene rings is 3. The molecule has 4 aromatic rings. The van der Waals surface area contributed by atoms with Gasteiger partial charge in [0.25, 0.3) is 5.69 Å². The number of non-ortho nitro benzene ring substituents is 1. The van der Waals surface area contributed by atoms with Crippen molar-refractivity contribution in [1.82, 2.24) is 4.98 Å². The summed E-state index contributed by atoms with van der Waals surface area (Å²) in [5.41, 5.74) is 2.76. The van der Waals surface area contributed by atoms with Gasteiger partial charge < -0.3 is 14.8 Å². The van der Waals surface area contributed by atoms with Gasteiger partial charge in [-0.1, -0.05) is 37.1 Å². The number of aryl methyl sites for hydroxylation is 1. The summed E-state index contributed by atoms with van der Waals surface area (Å²) < 4.78 is 5.83. The summed E-state index contributed by atoms with van der Waals surface area (Å²) in [5, 5.41) is 24.7.